The van der Waals surface area contributed by atoms with Crippen LogP contribution >= 0.6 is 39.9 Å². The first-order valence-corrected chi connectivity index (χ1v) is 9.46. The fraction of sp³-hybridized carbons (Fsp3) is 0. The molecule has 2 amide bonds. The summed E-state index contributed by atoms with van der Waals surface area (Å²) in [6.45, 7) is 0. The molecule has 136 valence electrons. The van der Waals surface area contributed by atoms with Gasteiger partial charge in [-0.25, -0.2) is 0 Å². The van der Waals surface area contributed by atoms with Gasteiger partial charge in [0, 0.05) is 22.2 Å². The first-order chi connectivity index (χ1) is 12.8. The number of thiocarbonyl (C=S) groups is 1. The van der Waals surface area contributed by atoms with Gasteiger partial charge in [0.05, 0.1) is 9.83 Å². The standard InChI is InChI=1S/C17H10BrN3O4S2/c18-12-5-1-10(2-6-12)9-14-16(23)20(17(26)27-14)19-15(22)11-3-7-13(8-4-11)21(24)25/h1-9H,(H,19,22)/b14-9+. The van der Waals surface area contributed by atoms with Gasteiger partial charge in [0.25, 0.3) is 17.5 Å². The molecule has 10 heteroatoms. The lowest BCUT2D eigenvalue weighted by Gasteiger charge is -2.15. The molecule has 1 N–H and O–H groups in total. The van der Waals surface area contributed by atoms with E-state index in [2.05, 4.69) is 21.4 Å². The van der Waals surface area contributed by atoms with E-state index in [1.54, 1.807) is 6.08 Å². The molecule has 1 aliphatic rings. The van der Waals surface area contributed by atoms with Gasteiger partial charge in [0.15, 0.2) is 4.32 Å². The molecular weight excluding hydrogens is 454 g/mol. The largest absolute Gasteiger partial charge is 0.285 e. The summed E-state index contributed by atoms with van der Waals surface area (Å²) in [4.78, 5) is 35.3. The topological polar surface area (TPSA) is 92.6 Å². The maximum atomic E-state index is 12.5. The zero-order valence-corrected chi connectivity index (χ0v) is 16.6. The minimum atomic E-state index is -0.592. The summed E-state index contributed by atoms with van der Waals surface area (Å²) in [6.07, 6.45) is 1.68. The van der Waals surface area contributed by atoms with Gasteiger partial charge in [0.1, 0.15) is 0 Å². The molecule has 1 aliphatic heterocycles. The number of hydrogen-bond acceptors (Lipinski definition) is 6. The van der Waals surface area contributed by atoms with E-state index in [9.17, 15) is 19.7 Å². The van der Waals surface area contributed by atoms with E-state index < -0.39 is 16.7 Å². The van der Waals surface area contributed by atoms with Gasteiger partial charge in [-0.15, -0.1) is 0 Å². The van der Waals surface area contributed by atoms with Crippen molar-refractivity contribution in [2.75, 3.05) is 0 Å². The van der Waals surface area contributed by atoms with Crippen LogP contribution in [-0.4, -0.2) is 26.1 Å². The van der Waals surface area contributed by atoms with Gasteiger partial charge in [-0.1, -0.05) is 39.8 Å². The molecule has 0 spiro atoms. The van der Waals surface area contributed by atoms with Crippen LogP contribution in [-0.2, 0) is 4.79 Å². The highest BCUT2D eigenvalue weighted by atomic mass is 79.9. The molecule has 2 aromatic carbocycles. The zero-order valence-electron chi connectivity index (χ0n) is 13.4. The van der Waals surface area contributed by atoms with E-state index in [1.807, 2.05) is 24.3 Å². The Bertz CT molecular complexity index is 975. The third kappa shape index (κ3) is 4.41. The van der Waals surface area contributed by atoms with Crippen molar-refractivity contribution in [2.24, 2.45) is 0 Å². The van der Waals surface area contributed by atoms with Crippen molar-refractivity contribution in [3.8, 4) is 0 Å². The number of halogens is 1. The summed E-state index contributed by atoms with van der Waals surface area (Å²) >= 11 is 9.59. The van der Waals surface area contributed by atoms with E-state index >= 15 is 0 Å². The molecule has 27 heavy (non-hydrogen) atoms. The lowest BCUT2D eigenvalue weighted by Crippen LogP contribution is -2.44. The number of carbonyl (C=O) groups is 2. The lowest BCUT2D eigenvalue weighted by molar-refractivity contribution is -0.384. The Kier molecular flexibility index (Phi) is 5.68. The van der Waals surface area contributed by atoms with Gasteiger partial charge < -0.3 is 0 Å². The predicted octanol–water partition coefficient (Wildman–Crippen LogP) is 3.90. The van der Waals surface area contributed by atoms with Crippen molar-refractivity contribution in [3.63, 3.8) is 0 Å². The molecule has 0 aromatic heterocycles. The molecule has 0 radical (unpaired) electrons. The highest BCUT2D eigenvalue weighted by Gasteiger charge is 2.33. The van der Waals surface area contributed by atoms with Gasteiger partial charge in [-0.05, 0) is 48.1 Å². The Balaban J connectivity index is 1.74. The van der Waals surface area contributed by atoms with Gasteiger partial charge in [-0.2, -0.15) is 5.01 Å². The van der Waals surface area contributed by atoms with Crippen molar-refractivity contribution in [3.05, 3.63) is 79.2 Å². The van der Waals surface area contributed by atoms with Crippen molar-refractivity contribution < 1.29 is 14.5 Å². The molecule has 0 atom stereocenters. The Labute approximate surface area is 171 Å². The summed E-state index contributed by atoms with van der Waals surface area (Å²) < 4.78 is 1.11. The van der Waals surface area contributed by atoms with E-state index in [1.165, 1.54) is 24.3 Å². The van der Waals surface area contributed by atoms with Crippen LogP contribution in [0.2, 0.25) is 0 Å². The van der Waals surface area contributed by atoms with Crippen LogP contribution in [0.4, 0.5) is 5.69 Å². The molecular formula is C17H10BrN3O4S2. The van der Waals surface area contributed by atoms with Crippen LogP contribution < -0.4 is 5.43 Å². The first-order valence-electron chi connectivity index (χ1n) is 7.44. The van der Waals surface area contributed by atoms with Gasteiger partial charge >= 0.3 is 0 Å². The monoisotopic (exact) mass is 463 g/mol. The zero-order chi connectivity index (χ0) is 19.6. The number of amides is 2. The maximum Gasteiger partial charge on any atom is 0.285 e. The van der Waals surface area contributed by atoms with Crippen molar-refractivity contribution in [2.45, 2.75) is 0 Å². The lowest BCUT2D eigenvalue weighted by atomic mass is 10.2. The van der Waals surface area contributed by atoms with E-state index in [4.69, 9.17) is 12.2 Å². The molecule has 3 rings (SSSR count). The Morgan fingerprint density at radius 2 is 1.81 bits per heavy atom. The predicted molar refractivity (Wildman–Crippen MR) is 110 cm³/mol. The summed E-state index contributed by atoms with van der Waals surface area (Å²) in [6, 6.07) is 12.4. The number of hydrazine groups is 1. The molecule has 1 fully saturated rings. The van der Waals surface area contributed by atoms with Gasteiger partial charge in [-0.3, -0.25) is 25.1 Å². The molecule has 2 aromatic rings. The second-order valence-corrected chi connectivity index (χ2v) is 7.91. The maximum absolute atomic E-state index is 12.5. The fourth-order valence-corrected chi connectivity index (χ4v) is 3.62. The summed E-state index contributed by atoms with van der Waals surface area (Å²) in [7, 11) is 0. The summed E-state index contributed by atoms with van der Waals surface area (Å²) in [5, 5.41) is 11.7. The average Bonchev–Trinajstić information content (AvgIpc) is 2.91. The van der Waals surface area contributed by atoms with E-state index in [0.717, 1.165) is 26.8 Å². The Morgan fingerprint density at radius 1 is 1.19 bits per heavy atom. The molecule has 0 aliphatic carbocycles. The molecule has 0 saturated carbocycles. The quantitative estimate of drug-likeness (QED) is 0.319. The van der Waals surface area contributed by atoms with Crippen LogP contribution in [0.5, 0.6) is 0 Å². The minimum absolute atomic E-state index is 0.130. The van der Waals surface area contributed by atoms with Crippen molar-refractivity contribution in [1.29, 1.82) is 0 Å². The second kappa shape index (κ2) is 7.99. The normalized spacial score (nSPS) is 15.3. The fourth-order valence-electron chi connectivity index (χ4n) is 2.18. The number of nitro benzene ring substituents is 1. The number of non-ortho nitro benzene ring substituents is 1. The summed E-state index contributed by atoms with van der Waals surface area (Å²) in [5.74, 6) is -1.03. The molecule has 1 saturated heterocycles. The van der Waals surface area contributed by atoms with Crippen molar-refractivity contribution in [1.82, 2.24) is 10.4 Å². The SMILES string of the molecule is O=C(NN1C(=O)/C(=C\c2ccc(Br)cc2)SC1=S)c1ccc([N+](=O)[O-])cc1. The van der Waals surface area contributed by atoms with Gasteiger partial charge in [0.2, 0.25) is 0 Å². The smallest absolute Gasteiger partial charge is 0.267 e. The highest BCUT2D eigenvalue weighted by molar-refractivity contribution is 9.10. The van der Waals surface area contributed by atoms with E-state index in [0.29, 0.717) is 4.91 Å². The third-order valence-electron chi connectivity index (χ3n) is 3.52. The molecule has 7 nitrogen and oxygen atoms in total. The second-order valence-electron chi connectivity index (χ2n) is 5.31. The average molecular weight is 464 g/mol. The molecule has 0 bridgehead atoms. The van der Waals surface area contributed by atoms with E-state index in [-0.39, 0.29) is 15.6 Å². The Morgan fingerprint density at radius 3 is 2.41 bits per heavy atom. The summed E-state index contributed by atoms with van der Waals surface area (Å²) in [5.41, 5.74) is 3.30. The highest BCUT2D eigenvalue weighted by Crippen LogP contribution is 2.31. The number of rotatable bonds is 4. The van der Waals surface area contributed by atoms with Crippen molar-refractivity contribution >= 4 is 67.8 Å². The van der Waals surface area contributed by atoms with Crippen LogP contribution in [0.3, 0.4) is 0 Å². The molecule has 1 heterocycles. The van der Waals surface area contributed by atoms with Crippen LogP contribution in [0.15, 0.2) is 57.9 Å². The van der Waals surface area contributed by atoms with Crippen LogP contribution in [0.1, 0.15) is 15.9 Å². The van der Waals surface area contributed by atoms with Crippen LogP contribution in [0, 0.1) is 10.1 Å². The minimum Gasteiger partial charge on any atom is -0.267 e. The Hall–Kier alpha value is -2.56. The number of nitro groups is 1. The molecule has 0 unspecified atom stereocenters. The number of nitrogens with one attached hydrogen (secondary N) is 1. The number of carbonyl (C=O) groups excluding carboxylic acids is 2. The number of benzene rings is 2. The number of thioether (sulfide) groups is 1. The van der Waals surface area contributed by atoms with Crippen LogP contribution in [0.25, 0.3) is 6.08 Å². The third-order valence-corrected chi connectivity index (χ3v) is 5.35. The number of hydrogen-bond donors (Lipinski definition) is 1. The number of nitrogens with zero attached hydrogens (tertiary/aromatic N) is 2. The first kappa shape index (κ1) is 19.2.